The summed E-state index contributed by atoms with van der Waals surface area (Å²) in [7, 11) is -0.283. The molecule has 1 saturated carbocycles. The molecule has 0 unspecified atom stereocenters. The molecular formula is C18H25BO2. The minimum Gasteiger partial charge on any atom is -0.399 e. The highest BCUT2D eigenvalue weighted by Crippen LogP contribution is 2.54. The Kier molecular flexibility index (Phi) is 3.16. The molecule has 0 bridgehead atoms. The van der Waals surface area contributed by atoms with E-state index >= 15 is 0 Å². The van der Waals surface area contributed by atoms with Crippen LogP contribution in [-0.2, 0) is 9.31 Å². The van der Waals surface area contributed by atoms with Crippen molar-refractivity contribution in [1.29, 1.82) is 0 Å². The van der Waals surface area contributed by atoms with Crippen molar-refractivity contribution in [1.82, 2.24) is 0 Å². The van der Waals surface area contributed by atoms with Gasteiger partial charge in [0.15, 0.2) is 0 Å². The molecule has 0 aromatic heterocycles. The van der Waals surface area contributed by atoms with E-state index in [1.807, 2.05) is 0 Å². The first-order chi connectivity index (χ1) is 9.65. The number of hydrogen-bond donors (Lipinski definition) is 0. The molecule has 1 aliphatic heterocycles. The lowest BCUT2D eigenvalue weighted by Crippen LogP contribution is -2.41. The van der Waals surface area contributed by atoms with E-state index in [1.54, 1.807) is 0 Å². The Hall–Kier alpha value is -1.06. The van der Waals surface area contributed by atoms with E-state index in [9.17, 15) is 0 Å². The van der Waals surface area contributed by atoms with Crippen LogP contribution in [0.2, 0.25) is 0 Å². The van der Waals surface area contributed by atoms with Crippen LogP contribution in [0, 0.1) is 5.41 Å². The first-order valence-electron chi connectivity index (χ1n) is 7.80. The second kappa shape index (κ2) is 4.47. The fraction of sp³-hybridized carbons (Fsp3) is 0.556. The maximum atomic E-state index is 6.09. The van der Waals surface area contributed by atoms with Gasteiger partial charge in [0.2, 0.25) is 0 Å². The molecule has 112 valence electrons. The van der Waals surface area contributed by atoms with Crippen molar-refractivity contribution in [2.24, 2.45) is 5.41 Å². The van der Waals surface area contributed by atoms with Crippen LogP contribution < -0.4 is 5.46 Å². The van der Waals surface area contributed by atoms with E-state index in [0.717, 1.165) is 5.46 Å². The molecule has 1 heterocycles. The zero-order valence-electron chi connectivity index (χ0n) is 13.8. The molecular weight excluding hydrogens is 259 g/mol. The van der Waals surface area contributed by atoms with Crippen LogP contribution in [-0.4, -0.2) is 18.3 Å². The highest BCUT2D eigenvalue weighted by atomic mass is 16.7. The second-order valence-corrected chi connectivity index (χ2v) is 7.75. The van der Waals surface area contributed by atoms with Crippen LogP contribution >= 0.6 is 0 Å². The van der Waals surface area contributed by atoms with E-state index in [1.165, 1.54) is 24.0 Å². The highest BCUT2D eigenvalue weighted by molar-refractivity contribution is 6.62. The minimum atomic E-state index is -0.290. The average Bonchev–Trinajstić information content (AvgIpc) is 3.11. The first-order valence-corrected chi connectivity index (χ1v) is 7.80. The number of hydrogen-bond acceptors (Lipinski definition) is 2. The fourth-order valence-corrected chi connectivity index (χ4v) is 2.66. The van der Waals surface area contributed by atoms with Crippen LogP contribution in [0.3, 0.4) is 0 Å². The predicted octanol–water partition coefficient (Wildman–Crippen LogP) is 3.80. The smallest absolute Gasteiger partial charge is 0.399 e. The van der Waals surface area contributed by atoms with Gasteiger partial charge in [0.1, 0.15) is 0 Å². The van der Waals surface area contributed by atoms with Crippen LogP contribution in [0.5, 0.6) is 0 Å². The monoisotopic (exact) mass is 284 g/mol. The molecule has 3 rings (SSSR count). The van der Waals surface area contributed by atoms with Gasteiger partial charge in [-0.15, -0.1) is 0 Å². The zero-order chi connectivity index (χ0) is 15.5. The quantitative estimate of drug-likeness (QED) is 0.786. The first kappa shape index (κ1) is 14.9. The van der Waals surface area contributed by atoms with Gasteiger partial charge in [0.25, 0.3) is 0 Å². The number of benzene rings is 1. The molecule has 1 aliphatic carbocycles. The molecule has 0 N–H and O–H groups in total. The van der Waals surface area contributed by atoms with Gasteiger partial charge >= 0.3 is 7.12 Å². The summed E-state index contributed by atoms with van der Waals surface area (Å²) in [4.78, 5) is 0. The lowest BCUT2D eigenvalue weighted by atomic mass is 9.78. The van der Waals surface area contributed by atoms with Gasteiger partial charge in [0.05, 0.1) is 11.2 Å². The van der Waals surface area contributed by atoms with Crippen LogP contribution in [0.1, 0.15) is 53.0 Å². The van der Waals surface area contributed by atoms with Crippen molar-refractivity contribution in [3.63, 3.8) is 0 Å². The molecule has 1 aromatic carbocycles. The average molecular weight is 284 g/mol. The minimum absolute atomic E-state index is 0.283. The molecule has 2 nitrogen and oxygen atoms in total. The van der Waals surface area contributed by atoms with E-state index in [4.69, 9.17) is 9.31 Å². The zero-order valence-corrected chi connectivity index (χ0v) is 13.8. The summed E-state index contributed by atoms with van der Waals surface area (Å²) in [6, 6.07) is 8.50. The molecule has 0 radical (unpaired) electrons. The van der Waals surface area contributed by atoms with Gasteiger partial charge in [-0.1, -0.05) is 37.8 Å². The third kappa shape index (κ3) is 2.47. The lowest BCUT2D eigenvalue weighted by molar-refractivity contribution is 0.00578. The molecule has 2 fully saturated rings. The summed E-state index contributed by atoms with van der Waals surface area (Å²) < 4.78 is 12.2. The maximum absolute atomic E-state index is 6.09. The summed E-state index contributed by atoms with van der Waals surface area (Å²) in [6.45, 7) is 14.9. The van der Waals surface area contributed by atoms with E-state index in [2.05, 4.69) is 65.5 Å². The van der Waals surface area contributed by atoms with Crippen molar-refractivity contribution in [2.45, 2.75) is 58.7 Å². The van der Waals surface area contributed by atoms with Gasteiger partial charge in [0, 0.05) is 0 Å². The lowest BCUT2D eigenvalue weighted by Gasteiger charge is -2.32. The van der Waals surface area contributed by atoms with Crippen LogP contribution in [0.4, 0.5) is 0 Å². The van der Waals surface area contributed by atoms with Gasteiger partial charge in [-0.05, 0) is 62.6 Å². The van der Waals surface area contributed by atoms with E-state index < -0.39 is 0 Å². The molecule has 1 saturated heterocycles. The topological polar surface area (TPSA) is 18.5 Å². The third-order valence-electron chi connectivity index (χ3n) is 5.51. The maximum Gasteiger partial charge on any atom is 0.494 e. The molecule has 3 heteroatoms. The normalized spacial score (nSPS) is 24.9. The fourth-order valence-electron chi connectivity index (χ4n) is 2.66. The number of rotatable bonds is 3. The van der Waals surface area contributed by atoms with Crippen LogP contribution in [0.25, 0.3) is 5.57 Å². The predicted molar refractivity (Wildman–Crippen MR) is 88.5 cm³/mol. The van der Waals surface area contributed by atoms with Crippen molar-refractivity contribution >= 4 is 18.2 Å². The molecule has 0 amide bonds. The van der Waals surface area contributed by atoms with Gasteiger partial charge < -0.3 is 9.31 Å². The SMILES string of the molecule is C=C(c1ccc(B2OC(C)(C)C(C)(C)O2)cc1)C1(C)CC1. The highest BCUT2D eigenvalue weighted by Gasteiger charge is 2.51. The van der Waals surface area contributed by atoms with Crippen LogP contribution in [0.15, 0.2) is 30.8 Å². The van der Waals surface area contributed by atoms with Crippen molar-refractivity contribution in [3.8, 4) is 0 Å². The summed E-state index contributed by atoms with van der Waals surface area (Å²) in [5.41, 5.74) is 3.30. The molecule has 21 heavy (non-hydrogen) atoms. The van der Waals surface area contributed by atoms with Crippen molar-refractivity contribution in [2.75, 3.05) is 0 Å². The third-order valence-corrected chi connectivity index (χ3v) is 5.51. The van der Waals surface area contributed by atoms with Gasteiger partial charge in [-0.25, -0.2) is 0 Å². The Morgan fingerprint density at radius 2 is 1.43 bits per heavy atom. The van der Waals surface area contributed by atoms with Crippen molar-refractivity contribution < 1.29 is 9.31 Å². The second-order valence-electron chi connectivity index (χ2n) is 7.75. The summed E-state index contributed by atoms with van der Waals surface area (Å²) in [5, 5.41) is 0. The molecule has 0 spiro atoms. The van der Waals surface area contributed by atoms with E-state index in [0.29, 0.717) is 5.41 Å². The molecule has 2 aliphatic rings. The Morgan fingerprint density at radius 3 is 1.86 bits per heavy atom. The van der Waals surface area contributed by atoms with E-state index in [-0.39, 0.29) is 18.3 Å². The summed E-state index contributed by atoms with van der Waals surface area (Å²) in [5.74, 6) is 0. The van der Waals surface area contributed by atoms with Gasteiger partial charge in [-0.3, -0.25) is 0 Å². The standard InChI is InChI=1S/C18H25BO2/c1-13(18(6)11-12-18)14-7-9-15(10-8-14)19-20-16(2,3)17(4,5)21-19/h7-10H,1,11-12H2,2-6H3. The van der Waals surface area contributed by atoms with Gasteiger partial charge in [-0.2, -0.15) is 0 Å². The Bertz CT molecular complexity index is 551. The molecule has 0 atom stereocenters. The van der Waals surface area contributed by atoms with Crippen molar-refractivity contribution in [3.05, 3.63) is 36.4 Å². The molecule has 1 aromatic rings. The number of allylic oxidation sites excluding steroid dienone is 1. The Balaban J connectivity index is 1.78. The summed E-state index contributed by atoms with van der Waals surface area (Å²) >= 11 is 0. The Morgan fingerprint density at radius 1 is 0.952 bits per heavy atom. The summed E-state index contributed by atoms with van der Waals surface area (Å²) in [6.07, 6.45) is 2.51. The largest absolute Gasteiger partial charge is 0.494 e. The Labute approximate surface area is 128 Å².